The van der Waals surface area contributed by atoms with Crippen molar-refractivity contribution in [2.45, 2.75) is 6.04 Å². The first kappa shape index (κ1) is 10.9. The molecule has 7 nitrogen and oxygen atoms in total. The maximum Gasteiger partial charge on any atom is 0.312 e. The largest absolute Gasteiger partial charge is 0.361 e. The van der Waals surface area contributed by atoms with Crippen molar-refractivity contribution in [3.63, 3.8) is 0 Å². The number of piperidine rings is 1. The molecule has 7 heteroatoms. The number of nitrogens with one attached hydrogen (secondary N) is 2. The number of pyridine rings is 1. The van der Waals surface area contributed by atoms with E-state index in [-0.39, 0.29) is 23.1 Å². The van der Waals surface area contributed by atoms with Gasteiger partial charge in [0.25, 0.3) is 0 Å². The number of anilines is 1. The molecule has 1 saturated carbocycles. The van der Waals surface area contributed by atoms with Crippen molar-refractivity contribution in [2.24, 2.45) is 11.8 Å². The number of nitro groups is 1. The first-order valence-corrected chi connectivity index (χ1v) is 5.72. The molecule has 1 aliphatic heterocycles. The summed E-state index contributed by atoms with van der Waals surface area (Å²) in [6.07, 6.45) is 1.35. The van der Waals surface area contributed by atoms with E-state index in [1.165, 1.54) is 12.3 Å². The summed E-state index contributed by atoms with van der Waals surface area (Å²) in [7, 11) is 0. The lowest BCUT2D eigenvalue weighted by molar-refractivity contribution is -0.384. The quantitative estimate of drug-likeness (QED) is 0.593. The molecule has 0 spiro atoms. The highest BCUT2D eigenvalue weighted by Gasteiger charge is 2.53. The summed E-state index contributed by atoms with van der Waals surface area (Å²) in [4.78, 5) is 14.4. The second kappa shape index (κ2) is 3.92. The molecule has 18 heavy (non-hydrogen) atoms. The molecule has 2 unspecified atom stereocenters. The molecule has 1 saturated heterocycles. The predicted octanol–water partition coefficient (Wildman–Crippen LogP) is 0.491. The van der Waals surface area contributed by atoms with Crippen molar-refractivity contribution in [1.82, 2.24) is 10.3 Å². The minimum absolute atomic E-state index is 0.132. The Morgan fingerprint density at radius 3 is 2.89 bits per heavy atom. The molecule has 3 rings (SSSR count). The fraction of sp³-hybridized carbons (Fsp3) is 0.455. The zero-order valence-corrected chi connectivity index (χ0v) is 9.46. The van der Waals surface area contributed by atoms with Crippen molar-refractivity contribution in [3.05, 3.63) is 27.9 Å². The first-order chi connectivity index (χ1) is 8.70. The summed E-state index contributed by atoms with van der Waals surface area (Å²) >= 11 is 0. The Morgan fingerprint density at radius 2 is 2.28 bits per heavy atom. The minimum atomic E-state index is -0.507. The summed E-state index contributed by atoms with van der Waals surface area (Å²) < 4.78 is 0. The van der Waals surface area contributed by atoms with Crippen LogP contribution in [-0.2, 0) is 0 Å². The van der Waals surface area contributed by atoms with Crippen LogP contribution in [0, 0.1) is 33.3 Å². The van der Waals surface area contributed by atoms with Gasteiger partial charge in [-0.1, -0.05) is 0 Å². The van der Waals surface area contributed by atoms with E-state index in [2.05, 4.69) is 15.6 Å². The van der Waals surface area contributed by atoms with E-state index in [0.29, 0.717) is 11.8 Å². The van der Waals surface area contributed by atoms with Gasteiger partial charge in [0.15, 0.2) is 0 Å². The van der Waals surface area contributed by atoms with Crippen LogP contribution in [0.1, 0.15) is 5.56 Å². The van der Waals surface area contributed by atoms with E-state index in [9.17, 15) is 10.1 Å². The molecule has 0 aromatic carbocycles. The Kier molecular flexibility index (Phi) is 2.38. The van der Waals surface area contributed by atoms with E-state index < -0.39 is 4.92 Å². The van der Waals surface area contributed by atoms with Crippen LogP contribution in [0.2, 0.25) is 0 Å². The molecule has 1 aliphatic carbocycles. The van der Waals surface area contributed by atoms with E-state index in [0.717, 1.165) is 13.1 Å². The van der Waals surface area contributed by atoms with Gasteiger partial charge in [-0.3, -0.25) is 10.1 Å². The number of nitriles is 1. The van der Waals surface area contributed by atoms with Crippen LogP contribution in [0.3, 0.4) is 0 Å². The Bertz CT molecular complexity index is 543. The van der Waals surface area contributed by atoms with Gasteiger partial charge in [-0.05, 0) is 11.8 Å². The molecule has 92 valence electrons. The normalized spacial score (nSPS) is 28.3. The Balaban J connectivity index is 1.83. The Labute approximate surface area is 103 Å². The van der Waals surface area contributed by atoms with Crippen molar-refractivity contribution < 1.29 is 4.92 Å². The van der Waals surface area contributed by atoms with Crippen molar-refractivity contribution in [3.8, 4) is 6.07 Å². The Morgan fingerprint density at radius 1 is 1.56 bits per heavy atom. The van der Waals surface area contributed by atoms with Crippen LogP contribution in [0.15, 0.2) is 12.3 Å². The lowest BCUT2D eigenvalue weighted by Gasteiger charge is -2.08. The fourth-order valence-electron chi connectivity index (χ4n) is 2.55. The standard InChI is InChI=1S/C11H11N5O2/c12-2-6-1-9(16(17)18)11(14-3-6)15-10-7-4-13-5-8(7)10/h1,3,7-8,10,13H,4-5H2,(H,14,15). The van der Waals surface area contributed by atoms with Gasteiger partial charge in [0.1, 0.15) is 6.07 Å². The summed E-state index contributed by atoms with van der Waals surface area (Å²) in [5.74, 6) is 1.35. The van der Waals surface area contributed by atoms with Gasteiger partial charge < -0.3 is 10.6 Å². The van der Waals surface area contributed by atoms with Crippen molar-refractivity contribution in [1.29, 1.82) is 5.26 Å². The number of aromatic nitrogens is 1. The number of nitrogens with zero attached hydrogens (tertiary/aromatic N) is 3. The van der Waals surface area contributed by atoms with E-state index >= 15 is 0 Å². The van der Waals surface area contributed by atoms with Gasteiger partial charge in [0.05, 0.1) is 10.5 Å². The van der Waals surface area contributed by atoms with Crippen LogP contribution >= 0.6 is 0 Å². The smallest absolute Gasteiger partial charge is 0.312 e. The SMILES string of the molecule is N#Cc1cnc(NC2C3CNCC32)c([N+](=O)[O-])c1. The predicted molar refractivity (Wildman–Crippen MR) is 62.9 cm³/mol. The highest BCUT2D eigenvalue weighted by molar-refractivity contribution is 5.59. The van der Waals surface area contributed by atoms with E-state index in [4.69, 9.17) is 5.26 Å². The summed E-state index contributed by atoms with van der Waals surface area (Å²) in [6.45, 7) is 1.90. The van der Waals surface area contributed by atoms with Crippen LogP contribution in [0.5, 0.6) is 0 Å². The molecule has 2 fully saturated rings. The van der Waals surface area contributed by atoms with Crippen LogP contribution in [0.4, 0.5) is 11.5 Å². The third kappa shape index (κ3) is 1.67. The monoisotopic (exact) mass is 245 g/mol. The molecule has 1 aromatic heterocycles. The highest BCUT2D eigenvalue weighted by atomic mass is 16.6. The van der Waals surface area contributed by atoms with Crippen LogP contribution in [0.25, 0.3) is 0 Å². The Hall–Kier alpha value is -2.20. The van der Waals surface area contributed by atoms with Gasteiger partial charge in [0, 0.05) is 31.4 Å². The molecular formula is C11H11N5O2. The maximum absolute atomic E-state index is 10.9. The summed E-state index contributed by atoms with van der Waals surface area (Å²) in [5, 5.41) is 26.0. The van der Waals surface area contributed by atoms with Crippen LogP contribution in [-0.4, -0.2) is 29.0 Å². The molecule has 2 N–H and O–H groups in total. The second-order valence-corrected chi connectivity index (χ2v) is 4.62. The fourth-order valence-corrected chi connectivity index (χ4v) is 2.55. The third-order valence-electron chi connectivity index (χ3n) is 3.59. The van der Waals surface area contributed by atoms with Crippen molar-refractivity contribution in [2.75, 3.05) is 18.4 Å². The maximum atomic E-state index is 10.9. The van der Waals surface area contributed by atoms with E-state index in [1.54, 1.807) is 0 Å². The zero-order valence-electron chi connectivity index (χ0n) is 9.46. The van der Waals surface area contributed by atoms with Gasteiger partial charge in [-0.25, -0.2) is 4.98 Å². The highest BCUT2D eigenvalue weighted by Crippen LogP contribution is 2.44. The van der Waals surface area contributed by atoms with Crippen molar-refractivity contribution >= 4 is 11.5 Å². The van der Waals surface area contributed by atoms with Gasteiger partial charge in [-0.15, -0.1) is 0 Å². The third-order valence-corrected chi connectivity index (χ3v) is 3.59. The number of hydrogen-bond donors (Lipinski definition) is 2. The molecule has 0 radical (unpaired) electrons. The van der Waals surface area contributed by atoms with Crippen LogP contribution < -0.4 is 10.6 Å². The van der Waals surface area contributed by atoms with Gasteiger partial charge in [-0.2, -0.15) is 5.26 Å². The van der Waals surface area contributed by atoms with Gasteiger partial charge >= 0.3 is 5.69 Å². The molecule has 0 bridgehead atoms. The second-order valence-electron chi connectivity index (χ2n) is 4.62. The topological polar surface area (TPSA) is 104 Å². The average Bonchev–Trinajstić information content (AvgIpc) is 2.82. The molecule has 1 aromatic rings. The summed E-state index contributed by atoms with van der Waals surface area (Å²) in [6, 6.07) is 3.38. The molecule has 2 aliphatic rings. The molecule has 2 atom stereocenters. The molecule has 0 amide bonds. The average molecular weight is 245 g/mol. The number of hydrogen-bond acceptors (Lipinski definition) is 6. The number of fused-ring (bicyclic) bond motifs is 1. The molecule has 2 heterocycles. The zero-order chi connectivity index (χ0) is 12.7. The van der Waals surface area contributed by atoms with E-state index in [1.807, 2.05) is 6.07 Å². The first-order valence-electron chi connectivity index (χ1n) is 5.72. The minimum Gasteiger partial charge on any atom is -0.361 e. The van der Waals surface area contributed by atoms with Gasteiger partial charge in [0.2, 0.25) is 5.82 Å². The molecular weight excluding hydrogens is 234 g/mol. The lowest BCUT2D eigenvalue weighted by Crippen LogP contribution is -2.22. The number of rotatable bonds is 3. The lowest BCUT2D eigenvalue weighted by atomic mass is 10.2. The summed E-state index contributed by atoms with van der Waals surface area (Å²) in [5.41, 5.74) is 0.0666.